The largest absolute Gasteiger partial charge is 0.449 e. The number of imide groups is 1. The van der Waals surface area contributed by atoms with E-state index in [0.717, 1.165) is 32.7 Å². The molecule has 0 bridgehead atoms. The number of likely N-dealkylation sites (tertiary alicyclic amines) is 1. The fourth-order valence-corrected chi connectivity index (χ4v) is 5.39. The topological polar surface area (TPSA) is 148 Å². The van der Waals surface area contributed by atoms with E-state index in [0.29, 0.717) is 18.7 Å². The maximum absolute atomic E-state index is 12.7. The SMILES string of the molecule is CC1CC(=O)N(CCC(=O)Nc2ccc3c(c2)C(COC(=O)NCCc2ccc([N+](=O)[O-])cc2)c2ccccc2-3)C1=O. The molecule has 1 fully saturated rings. The van der Waals surface area contributed by atoms with E-state index in [1.807, 2.05) is 36.4 Å². The molecule has 42 heavy (non-hydrogen) atoms. The van der Waals surface area contributed by atoms with Gasteiger partial charge in [-0.2, -0.15) is 0 Å². The number of alkyl carbamates (subject to hydrolysis) is 1. The first kappa shape index (κ1) is 28.5. The molecule has 2 N–H and O–H groups in total. The molecule has 0 spiro atoms. The van der Waals surface area contributed by atoms with Gasteiger partial charge in [0, 0.05) is 55.6 Å². The Kier molecular flexibility index (Phi) is 8.28. The predicted octanol–water partition coefficient (Wildman–Crippen LogP) is 4.40. The zero-order valence-corrected chi connectivity index (χ0v) is 23.0. The van der Waals surface area contributed by atoms with Crippen LogP contribution in [-0.4, -0.2) is 53.3 Å². The van der Waals surface area contributed by atoms with Crippen molar-refractivity contribution in [2.24, 2.45) is 5.92 Å². The number of nitrogens with one attached hydrogen (secondary N) is 2. The van der Waals surface area contributed by atoms with Crippen molar-refractivity contribution in [3.05, 3.63) is 93.5 Å². The third-order valence-electron chi connectivity index (χ3n) is 7.58. The molecule has 1 aliphatic heterocycles. The fourth-order valence-electron chi connectivity index (χ4n) is 5.39. The Hall–Kier alpha value is -5.06. The molecular formula is C31H30N4O7. The molecule has 1 heterocycles. The molecule has 1 saturated heterocycles. The Bertz CT molecular complexity index is 1550. The molecule has 0 saturated carbocycles. The summed E-state index contributed by atoms with van der Waals surface area (Å²) < 4.78 is 5.58. The molecule has 216 valence electrons. The van der Waals surface area contributed by atoms with Crippen LogP contribution in [0.4, 0.5) is 16.2 Å². The lowest BCUT2D eigenvalue weighted by Crippen LogP contribution is -2.33. The first-order valence-electron chi connectivity index (χ1n) is 13.7. The van der Waals surface area contributed by atoms with E-state index in [4.69, 9.17) is 4.74 Å². The van der Waals surface area contributed by atoms with E-state index in [-0.39, 0.29) is 61.2 Å². The molecule has 0 aromatic heterocycles. The minimum Gasteiger partial charge on any atom is -0.449 e. The van der Waals surface area contributed by atoms with Gasteiger partial charge in [0.15, 0.2) is 0 Å². The van der Waals surface area contributed by atoms with Crippen LogP contribution < -0.4 is 10.6 Å². The Morgan fingerprint density at radius 3 is 2.48 bits per heavy atom. The minimum atomic E-state index is -0.576. The van der Waals surface area contributed by atoms with E-state index in [1.54, 1.807) is 25.1 Å². The van der Waals surface area contributed by atoms with E-state index in [1.165, 1.54) is 12.1 Å². The van der Waals surface area contributed by atoms with E-state index in [9.17, 15) is 29.3 Å². The second-order valence-electron chi connectivity index (χ2n) is 10.4. The number of carbonyl (C=O) groups is 4. The first-order valence-corrected chi connectivity index (χ1v) is 13.7. The van der Waals surface area contributed by atoms with Gasteiger partial charge in [-0.1, -0.05) is 49.4 Å². The van der Waals surface area contributed by atoms with Gasteiger partial charge < -0.3 is 15.4 Å². The molecule has 2 aliphatic rings. The van der Waals surface area contributed by atoms with Gasteiger partial charge in [-0.05, 0) is 46.4 Å². The molecule has 11 heteroatoms. The average molecular weight is 571 g/mol. The summed E-state index contributed by atoms with van der Waals surface area (Å²) in [6.45, 7) is 2.13. The van der Waals surface area contributed by atoms with Crippen LogP contribution in [0.15, 0.2) is 66.7 Å². The maximum Gasteiger partial charge on any atom is 0.407 e. The summed E-state index contributed by atoms with van der Waals surface area (Å²) in [5, 5.41) is 16.4. The number of carbonyl (C=O) groups excluding carboxylic acids is 4. The number of nitrogens with zero attached hydrogens (tertiary/aromatic N) is 2. The van der Waals surface area contributed by atoms with E-state index < -0.39 is 11.0 Å². The van der Waals surface area contributed by atoms with Gasteiger partial charge in [-0.15, -0.1) is 0 Å². The highest BCUT2D eigenvalue weighted by atomic mass is 16.6. The third kappa shape index (κ3) is 6.14. The zero-order chi connectivity index (χ0) is 29.8. The standard InChI is InChI=1S/C31H30N4O7/c1-19-16-29(37)34(30(19)38)15-13-28(36)33-21-8-11-25-23-4-2-3-5-24(23)27(26(25)17-21)18-42-31(39)32-14-12-20-6-9-22(10-7-20)35(40)41/h2-11,17,19,27H,12-16,18H2,1H3,(H,32,39)(H,33,36). The summed E-state index contributed by atoms with van der Waals surface area (Å²) in [5.74, 6) is -1.41. The Morgan fingerprint density at radius 2 is 1.76 bits per heavy atom. The van der Waals surface area contributed by atoms with Gasteiger partial charge in [-0.25, -0.2) is 4.79 Å². The number of anilines is 1. The van der Waals surface area contributed by atoms with Gasteiger partial charge in [0.05, 0.1) is 4.92 Å². The normalized spacial score (nSPS) is 17.0. The van der Waals surface area contributed by atoms with Gasteiger partial charge in [0.2, 0.25) is 17.7 Å². The summed E-state index contributed by atoms with van der Waals surface area (Å²) in [7, 11) is 0. The smallest absolute Gasteiger partial charge is 0.407 e. The third-order valence-corrected chi connectivity index (χ3v) is 7.58. The number of nitro groups is 1. The van der Waals surface area contributed by atoms with Crippen LogP contribution in [0.5, 0.6) is 0 Å². The first-order chi connectivity index (χ1) is 20.2. The van der Waals surface area contributed by atoms with Crippen molar-refractivity contribution in [3.63, 3.8) is 0 Å². The summed E-state index contributed by atoms with van der Waals surface area (Å²) >= 11 is 0. The monoisotopic (exact) mass is 570 g/mol. The minimum absolute atomic E-state index is 0.00586. The molecule has 0 radical (unpaired) electrons. The van der Waals surface area contributed by atoms with Crippen molar-refractivity contribution in [2.45, 2.75) is 32.1 Å². The number of rotatable bonds is 10. The Labute approximate surface area is 242 Å². The number of fused-ring (bicyclic) bond motifs is 3. The molecule has 4 amide bonds. The van der Waals surface area contributed by atoms with Crippen LogP contribution in [0.25, 0.3) is 11.1 Å². The maximum atomic E-state index is 12.7. The molecule has 2 unspecified atom stereocenters. The lowest BCUT2D eigenvalue weighted by Gasteiger charge is -2.16. The number of hydrogen-bond acceptors (Lipinski definition) is 7. The second kappa shape index (κ2) is 12.2. The molecule has 2 atom stereocenters. The van der Waals surface area contributed by atoms with Gasteiger partial charge in [0.1, 0.15) is 6.61 Å². The zero-order valence-electron chi connectivity index (χ0n) is 23.0. The van der Waals surface area contributed by atoms with Crippen molar-refractivity contribution in [2.75, 3.05) is 25.0 Å². The van der Waals surface area contributed by atoms with Crippen LogP contribution >= 0.6 is 0 Å². The summed E-state index contributed by atoms with van der Waals surface area (Å²) in [5.41, 5.74) is 5.35. The van der Waals surface area contributed by atoms with Crippen LogP contribution in [0, 0.1) is 16.0 Å². The Balaban J connectivity index is 1.18. The lowest BCUT2D eigenvalue weighted by molar-refractivity contribution is -0.384. The molecular weight excluding hydrogens is 540 g/mol. The lowest BCUT2D eigenvalue weighted by atomic mass is 9.97. The average Bonchev–Trinajstić information content (AvgIpc) is 3.41. The highest BCUT2D eigenvalue weighted by molar-refractivity contribution is 6.03. The van der Waals surface area contributed by atoms with Crippen LogP contribution in [0.1, 0.15) is 42.4 Å². The number of hydrogen-bond donors (Lipinski definition) is 2. The quantitative estimate of drug-likeness (QED) is 0.209. The highest BCUT2D eigenvalue weighted by Gasteiger charge is 2.35. The highest BCUT2D eigenvalue weighted by Crippen LogP contribution is 2.45. The van der Waals surface area contributed by atoms with Gasteiger partial charge in [-0.3, -0.25) is 29.4 Å². The number of non-ortho nitro benzene ring substituents is 1. The fraction of sp³-hybridized carbons (Fsp3) is 0.290. The Morgan fingerprint density at radius 1 is 1.02 bits per heavy atom. The van der Waals surface area contributed by atoms with Gasteiger partial charge in [0.25, 0.3) is 5.69 Å². The second-order valence-corrected chi connectivity index (χ2v) is 10.4. The molecule has 3 aromatic carbocycles. The molecule has 3 aromatic rings. The number of benzene rings is 3. The van der Waals surface area contributed by atoms with Crippen molar-refractivity contribution in [1.82, 2.24) is 10.2 Å². The summed E-state index contributed by atoms with van der Waals surface area (Å²) in [4.78, 5) is 60.8. The van der Waals surface area contributed by atoms with Gasteiger partial charge >= 0.3 is 6.09 Å². The van der Waals surface area contributed by atoms with Crippen molar-refractivity contribution in [3.8, 4) is 11.1 Å². The number of ether oxygens (including phenoxy) is 1. The number of amides is 4. The van der Waals surface area contributed by atoms with Crippen molar-refractivity contribution < 1.29 is 28.8 Å². The predicted molar refractivity (Wildman–Crippen MR) is 154 cm³/mol. The van der Waals surface area contributed by atoms with E-state index >= 15 is 0 Å². The van der Waals surface area contributed by atoms with Crippen LogP contribution in [0.3, 0.4) is 0 Å². The van der Waals surface area contributed by atoms with Crippen molar-refractivity contribution >= 4 is 35.2 Å². The molecule has 1 aliphatic carbocycles. The number of nitro benzene ring substituents is 1. The molecule has 11 nitrogen and oxygen atoms in total. The van der Waals surface area contributed by atoms with Crippen LogP contribution in [-0.2, 0) is 25.5 Å². The molecule has 5 rings (SSSR count). The summed E-state index contributed by atoms with van der Waals surface area (Å²) in [6, 6.07) is 19.6. The summed E-state index contributed by atoms with van der Waals surface area (Å²) in [6.07, 6.45) is 0.0820. The van der Waals surface area contributed by atoms with E-state index in [2.05, 4.69) is 10.6 Å². The van der Waals surface area contributed by atoms with Crippen molar-refractivity contribution in [1.29, 1.82) is 0 Å². The van der Waals surface area contributed by atoms with Crippen LogP contribution in [0.2, 0.25) is 0 Å².